The lowest BCUT2D eigenvalue weighted by Gasteiger charge is -2.09. The van der Waals surface area contributed by atoms with Gasteiger partial charge in [0.25, 0.3) is 0 Å². The zero-order valence-corrected chi connectivity index (χ0v) is 11.9. The first-order valence-electron chi connectivity index (χ1n) is 5.52. The number of hydrogen-bond acceptors (Lipinski definition) is 5. The van der Waals surface area contributed by atoms with E-state index in [9.17, 15) is 13.8 Å². The van der Waals surface area contributed by atoms with Gasteiger partial charge in [0, 0.05) is 31.1 Å². The third-order valence-corrected chi connectivity index (χ3v) is 3.52. The monoisotopic (exact) mass is 284 g/mol. The molecule has 1 heterocycles. The van der Waals surface area contributed by atoms with E-state index < -0.39 is 16.8 Å². The Morgan fingerprint density at radius 2 is 2.05 bits per heavy atom. The number of aromatic nitrogens is 1. The van der Waals surface area contributed by atoms with Gasteiger partial charge in [-0.25, -0.2) is 4.79 Å². The van der Waals surface area contributed by atoms with Crippen molar-refractivity contribution in [2.45, 2.75) is 5.75 Å². The van der Waals surface area contributed by atoms with Gasteiger partial charge in [-0.05, 0) is 12.1 Å². The van der Waals surface area contributed by atoms with E-state index in [2.05, 4.69) is 9.72 Å². The zero-order valence-electron chi connectivity index (χ0n) is 11.1. The molecule has 0 aliphatic rings. The zero-order chi connectivity index (χ0) is 14.4. The fourth-order valence-electron chi connectivity index (χ4n) is 1.23. The minimum Gasteiger partial charge on any atom is -0.465 e. The number of carbonyl (C=O) groups excluding carboxylic acids is 2. The van der Waals surface area contributed by atoms with Crippen molar-refractivity contribution in [2.24, 2.45) is 0 Å². The first-order valence-corrected chi connectivity index (χ1v) is 7.01. The van der Waals surface area contributed by atoms with E-state index in [-0.39, 0.29) is 17.4 Å². The third kappa shape index (κ3) is 4.78. The number of ether oxygens (including phenoxy) is 1. The Bertz CT molecular complexity index is 485. The lowest BCUT2D eigenvalue weighted by atomic mass is 10.2. The Morgan fingerprint density at radius 3 is 2.53 bits per heavy atom. The quantitative estimate of drug-likeness (QED) is 0.722. The molecule has 0 aromatic carbocycles. The van der Waals surface area contributed by atoms with Gasteiger partial charge in [0.15, 0.2) is 0 Å². The predicted molar refractivity (Wildman–Crippen MR) is 71.0 cm³/mol. The van der Waals surface area contributed by atoms with Gasteiger partial charge in [0.2, 0.25) is 5.91 Å². The van der Waals surface area contributed by atoms with Gasteiger partial charge in [-0.2, -0.15) is 0 Å². The maximum atomic E-state index is 11.7. The molecule has 1 amide bonds. The van der Waals surface area contributed by atoms with Gasteiger partial charge in [-0.1, -0.05) is 0 Å². The van der Waals surface area contributed by atoms with Gasteiger partial charge < -0.3 is 9.64 Å². The van der Waals surface area contributed by atoms with Crippen LogP contribution in [0.1, 0.15) is 16.1 Å². The van der Waals surface area contributed by atoms with Crippen LogP contribution in [0.4, 0.5) is 0 Å². The summed E-state index contributed by atoms with van der Waals surface area (Å²) in [5.74, 6) is -0.512. The molecular formula is C12H16N2O4S. The van der Waals surface area contributed by atoms with Crippen LogP contribution in [-0.4, -0.2) is 52.9 Å². The van der Waals surface area contributed by atoms with Crippen molar-refractivity contribution in [3.05, 3.63) is 29.6 Å². The number of nitrogens with zero attached hydrogens (tertiary/aromatic N) is 2. The van der Waals surface area contributed by atoms with E-state index in [1.54, 1.807) is 26.2 Å². The van der Waals surface area contributed by atoms with Crippen LogP contribution in [0.25, 0.3) is 0 Å². The summed E-state index contributed by atoms with van der Waals surface area (Å²) in [6.45, 7) is 0. The second-order valence-corrected chi connectivity index (χ2v) is 5.50. The molecule has 104 valence electrons. The van der Waals surface area contributed by atoms with Crippen LogP contribution < -0.4 is 0 Å². The van der Waals surface area contributed by atoms with Gasteiger partial charge in [-0.3, -0.25) is 14.0 Å². The largest absolute Gasteiger partial charge is 0.465 e. The summed E-state index contributed by atoms with van der Waals surface area (Å²) >= 11 is 0. The van der Waals surface area contributed by atoms with E-state index in [1.807, 2.05) is 0 Å². The highest BCUT2D eigenvalue weighted by Gasteiger charge is 2.12. The highest BCUT2D eigenvalue weighted by atomic mass is 32.2. The molecule has 0 N–H and O–H groups in total. The summed E-state index contributed by atoms with van der Waals surface area (Å²) in [4.78, 5) is 28.0. The first-order chi connectivity index (χ1) is 8.93. The van der Waals surface area contributed by atoms with Crippen LogP contribution in [0.2, 0.25) is 0 Å². The Labute approximate surface area is 114 Å². The van der Waals surface area contributed by atoms with Crippen LogP contribution in [0, 0.1) is 0 Å². The molecule has 0 saturated heterocycles. The molecule has 1 unspecified atom stereocenters. The number of pyridine rings is 1. The van der Waals surface area contributed by atoms with Crippen molar-refractivity contribution in [3.63, 3.8) is 0 Å². The summed E-state index contributed by atoms with van der Waals surface area (Å²) in [7, 11) is 3.21. The summed E-state index contributed by atoms with van der Waals surface area (Å²) < 4.78 is 16.3. The molecule has 0 aliphatic heterocycles. The molecule has 0 bridgehead atoms. The van der Waals surface area contributed by atoms with Crippen LogP contribution in [0.15, 0.2) is 18.3 Å². The summed E-state index contributed by atoms with van der Waals surface area (Å²) in [5, 5.41) is 0. The Hall–Kier alpha value is -1.76. The summed E-state index contributed by atoms with van der Waals surface area (Å²) in [6.07, 6.45) is 1.37. The van der Waals surface area contributed by atoms with Gasteiger partial charge in [0.1, 0.15) is 5.75 Å². The number of esters is 1. The molecule has 0 saturated carbocycles. The topological polar surface area (TPSA) is 76.6 Å². The maximum Gasteiger partial charge on any atom is 0.339 e. The number of methoxy groups -OCH3 is 1. The molecule has 6 nitrogen and oxygen atoms in total. The van der Waals surface area contributed by atoms with E-state index in [0.29, 0.717) is 11.3 Å². The fourth-order valence-corrected chi connectivity index (χ4v) is 2.37. The Kier molecular flexibility index (Phi) is 5.62. The Balaban J connectivity index is 2.61. The van der Waals surface area contributed by atoms with Crippen molar-refractivity contribution in [2.75, 3.05) is 27.0 Å². The number of amides is 1. The number of rotatable bonds is 5. The molecule has 1 atom stereocenters. The molecule has 1 aromatic heterocycles. The molecule has 0 radical (unpaired) electrons. The van der Waals surface area contributed by atoms with Crippen molar-refractivity contribution >= 4 is 22.7 Å². The van der Waals surface area contributed by atoms with E-state index in [1.165, 1.54) is 18.2 Å². The normalized spacial score (nSPS) is 11.7. The minimum atomic E-state index is -1.31. The maximum absolute atomic E-state index is 11.7. The lowest BCUT2D eigenvalue weighted by Crippen LogP contribution is -2.27. The lowest BCUT2D eigenvalue weighted by molar-refractivity contribution is -0.125. The molecule has 1 aromatic rings. The first kappa shape index (κ1) is 15.3. The smallest absolute Gasteiger partial charge is 0.339 e. The molecule has 19 heavy (non-hydrogen) atoms. The average Bonchev–Trinajstić information content (AvgIpc) is 2.38. The highest BCUT2D eigenvalue weighted by Crippen LogP contribution is 2.05. The van der Waals surface area contributed by atoms with Crippen molar-refractivity contribution < 1.29 is 18.5 Å². The number of carbonyl (C=O) groups is 2. The van der Waals surface area contributed by atoms with Crippen LogP contribution in [0.5, 0.6) is 0 Å². The number of hydrogen-bond donors (Lipinski definition) is 0. The molecule has 0 spiro atoms. The predicted octanol–water partition coefficient (Wildman–Crippen LogP) is 0.205. The molecule has 0 aliphatic carbocycles. The standard InChI is InChI=1S/C12H16N2O4S/c1-14(2)11(15)8-19(17)7-10-5-4-9(6-13-10)12(16)18-3/h4-6H,7-8H2,1-3H3. The van der Waals surface area contributed by atoms with Gasteiger partial charge in [-0.15, -0.1) is 0 Å². The van der Waals surface area contributed by atoms with Crippen molar-refractivity contribution in [1.29, 1.82) is 0 Å². The summed E-state index contributed by atoms with van der Waals surface area (Å²) in [6, 6.07) is 3.16. The molecular weight excluding hydrogens is 268 g/mol. The molecule has 0 fully saturated rings. The van der Waals surface area contributed by atoms with E-state index in [0.717, 1.165) is 0 Å². The molecule has 1 rings (SSSR count). The second-order valence-electron chi connectivity index (χ2n) is 4.05. The molecule has 7 heteroatoms. The Morgan fingerprint density at radius 1 is 1.37 bits per heavy atom. The van der Waals surface area contributed by atoms with E-state index in [4.69, 9.17) is 0 Å². The van der Waals surface area contributed by atoms with Crippen LogP contribution >= 0.6 is 0 Å². The average molecular weight is 284 g/mol. The van der Waals surface area contributed by atoms with E-state index >= 15 is 0 Å². The van der Waals surface area contributed by atoms with Gasteiger partial charge >= 0.3 is 5.97 Å². The highest BCUT2D eigenvalue weighted by molar-refractivity contribution is 7.84. The van der Waals surface area contributed by atoms with Gasteiger partial charge in [0.05, 0.1) is 24.1 Å². The third-order valence-electron chi connectivity index (χ3n) is 2.34. The van der Waals surface area contributed by atoms with Crippen molar-refractivity contribution in [1.82, 2.24) is 9.88 Å². The SMILES string of the molecule is COC(=O)c1ccc(CS(=O)CC(=O)N(C)C)nc1. The summed E-state index contributed by atoms with van der Waals surface area (Å²) in [5.41, 5.74) is 0.902. The second kappa shape index (κ2) is 6.98. The van der Waals surface area contributed by atoms with Crippen LogP contribution in [-0.2, 0) is 26.1 Å². The fraction of sp³-hybridized carbons (Fsp3) is 0.417. The van der Waals surface area contributed by atoms with Crippen LogP contribution in [0.3, 0.4) is 0 Å². The van der Waals surface area contributed by atoms with Crippen molar-refractivity contribution in [3.8, 4) is 0 Å². The minimum absolute atomic E-state index is 0.0343.